The normalized spacial score (nSPS) is 11.7. The molecule has 2 aromatic carbocycles. The zero-order chi connectivity index (χ0) is 20.8. The van der Waals surface area contributed by atoms with Crippen LogP contribution < -0.4 is 15.6 Å². The van der Waals surface area contributed by atoms with E-state index in [4.69, 9.17) is 4.74 Å². The maximum absolute atomic E-state index is 13.1. The average molecular weight is 460 g/mol. The Balaban J connectivity index is 1.71. The Labute approximate surface area is 175 Å². The third-order valence-electron chi connectivity index (χ3n) is 4.13. The number of ether oxygens (including phenoxy) is 1. The quantitative estimate of drug-likeness (QED) is 0.585. The van der Waals surface area contributed by atoms with Crippen molar-refractivity contribution in [3.8, 4) is 11.6 Å². The van der Waals surface area contributed by atoms with Gasteiger partial charge in [0.1, 0.15) is 5.82 Å². The van der Waals surface area contributed by atoms with E-state index in [1.807, 2.05) is 31.2 Å². The minimum absolute atomic E-state index is 0.124. The molecule has 0 aliphatic heterocycles. The average Bonchev–Trinajstić information content (AvgIpc) is 2.72. The van der Waals surface area contributed by atoms with Gasteiger partial charge >= 0.3 is 0 Å². The molecule has 29 heavy (non-hydrogen) atoms. The van der Waals surface area contributed by atoms with Crippen molar-refractivity contribution in [2.75, 3.05) is 0 Å². The zero-order valence-corrected chi connectivity index (χ0v) is 17.2. The van der Waals surface area contributed by atoms with Crippen molar-refractivity contribution in [1.29, 1.82) is 0 Å². The first-order valence-electron chi connectivity index (χ1n) is 9.01. The highest BCUT2D eigenvalue weighted by atomic mass is 79.9. The maximum atomic E-state index is 13.1. The van der Waals surface area contributed by atoms with Crippen LogP contribution in [-0.2, 0) is 11.3 Å². The van der Waals surface area contributed by atoms with Crippen LogP contribution >= 0.6 is 15.9 Å². The summed E-state index contributed by atoms with van der Waals surface area (Å²) in [4.78, 5) is 24.6. The van der Waals surface area contributed by atoms with Gasteiger partial charge in [-0.1, -0.05) is 35.0 Å². The fraction of sp³-hybridized carbons (Fsp3) is 0.190. The van der Waals surface area contributed by atoms with Crippen LogP contribution in [0.4, 0.5) is 4.39 Å². The van der Waals surface area contributed by atoms with Gasteiger partial charge in [0.25, 0.3) is 11.5 Å². The third-order valence-corrected chi connectivity index (χ3v) is 4.62. The van der Waals surface area contributed by atoms with Crippen LogP contribution in [0, 0.1) is 5.82 Å². The van der Waals surface area contributed by atoms with Gasteiger partial charge in [0.05, 0.1) is 5.69 Å². The fourth-order valence-corrected chi connectivity index (χ4v) is 3.09. The second kappa shape index (κ2) is 9.47. The molecule has 1 atom stereocenters. The summed E-state index contributed by atoms with van der Waals surface area (Å²) in [6.45, 7) is 2.18. The highest BCUT2D eigenvalue weighted by molar-refractivity contribution is 9.10. The van der Waals surface area contributed by atoms with Gasteiger partial charge in [0.15, 0.2) is 6.10 Å². The number of rotatable bonds is 7. The number of amides is 1. The molecule has 3 aromatic rings. The van der Waals surface area contributed by atoms with Gasteiger partial charge in [-0.25, -0.2) is 4.39 Å². The highest BCUT2D eigenvalue weighted by Crippen LogP contribution is 2.13. The second-order valence-electron chi connectivity index (χ2n) is 6.26. The molecule has 1 amide bonds. The number of halogens is 2. The van der Waals surface area contributed by atoms with E-state index in [0.717, 1.165) is 14.7 Å². The predicted octanol–water partition coefficient (Wildman–Crippen LogP) is 3.61. The lowest BCUT2D eigenvalue weighted by molar-refractivity contribution is -0.128. The van der Waals surface area contributed by atoms with Crippen LogP contribution in [0.2, 0.25) is 0 Å². The van der Waals surface area contributed by atoms with Crippen molar-refractivity contribution >= 4 is 21.8 Å². The topological polar surface area (TPSA) is 73.2 Å². The van der Waals surface area contributed by atoms with Gasteiger partial charge in [-0.05, 0) is 48.4 Å². The second-order valence-corrected chi connectivity index (χ2v) is 7.18. The summed E-state index contributed by atoms with van der Waals surface area (Å²) < 4.78 is 20.9. The van der Waals surface area contributed by atoms with Crippen molar-refractivity contribution in [2.45, 2.75) is 26.0 Å². The molecule has 0 saturated carbocycles. The lowest BCUT2D eigenvalue weighted by Gasteiger charge is -2.17. The molecule has 8 heteroatoms. The van der Waals surface area contributed by atoms with Gasteiger partial charge in [0, 0.05) is 23.2 Å². The lowest BCUT2D eigenvalue weighted by Crippen LogP contribution is -2.38. The largest absolute Gasteiger partial charge is 0.463 e. The van der Waals surface area contributed by atoms with Crippen LogP contribution in [0.25, 0.3) is 5.69 Å². The molecular weight excluding hydrogens is 441 g/mol. The minimum atomic E-state index is -0.770. The van der Waals surface area contributed by atoms with E-state index < -0.39 is 17.5 Å². The van der Waals surface area contributed by atoms with Gasteiger partial charge in [-0.15, -0.1) is 5.10 Å². The molecule has 3 rings (SSSR count). The Morgan fingerprint density at radius 3 is 2.66 bits per heavy atom. The minimum Gasteiger partial charge on any atom is -0.463 e. The number of aromatic nitrogens is 2. The predicted molar refractivity (Wildman–Crippen MR) is 110 cm³/mol. The van der Waals surface area contributed by atoms with Crippen molar-refractivity contribution in [1.82, 2.24) is 15.1 Å². The summed E-state index contributed by atoms with van der Waals surface area (Å²) in [6.07, 6.45) is -0.351. The van der Waals surface area contributed by atoms with Crippen LogP contribution in [0.1, 0.15) is 18.9 Å². The van der Waals surface area contributed by atoms with E-state index in [9.17, 15) is 14.0 Å². The number of benzene rings is 2. The Morgan fingerprint density at radius 2 is 1.97 bits per heavy atom. The van der Waals surface area contributed by atoms with Gasteiger partial charge in [-0.3, -0.25) is 9.59 Å². The summed E-state index contributed by atoms with van der Waals surface area (Å²) in [5.41, 5.74) is 0.954. The molecule has 0 fully saturated rings. The van der Waals surface area contributed by atoms with Crippen molar-refractivity contribution in [2.24, 2.45) is 0 Å². The van der Waals surface area contributed by atoms with Crippen LogP contribution in [0.3, 0.4) is 0 Å². The van der Waals surface area contributed by atoms with E-state index in [1.54, 1.807) is 0 Å². The molecular formula is C21H19BrFN3O3. The van der Waals surface area contributed by atoms with Crippen molar-refractivity contribution in [3.05, 3.63) is 86.9 Å². The van der Waals surface area contributed by atoms with Gasteiger partial charge in [0.2, 0.25) is 5.88 Å². The molecule has 0 aliphatic rings. The molecule has 1 aromatic heterocycles. The Bertz CT molecular complexity index is 1050. The van der Waals surface area contributed by atoms with E-state index in [0.29, 0.717) is 18.7 Å². The number of carbonyl (C=O) groups is 1. The molecule has 1 N–H and O–H groups in total. The Kier molecular flexibility index (Phi) is 6.77. The summed E-state index contributed by atoms with van der Waals surface area (Å²) in [5, 5.41) is 6.98. The van der Waals surface area contributed by atoms with Crippen molar-refractivity contribution < 1.29 is 13.9 Å². The summed E-state index contributed by atoms with van der Waals surface area (Å²) in [7, 11) is 0. The van der Waals surface area contributed by atoms with Crippen LogP contribution in [0.5, 0.6) is 5.88 Å². The summed E-state index contributed by atoms with van der Waals surface area (Å²) in [6, 6.07) is 15.7. The molecule has 0 radical (unpaired) electrons. The molecule has 6 nitrogen and oxygen atoms in total. The Morgan fingerprint density at radius 1 is 1.21 bits per heavy atom. The number of hydrogen-bond acceptors (Lipinski definition) is 4. The molecule has 1 heterocycles. The molecule has 0 bridgehead atoms. The smallest absolute Gasteiger partial charge is 0.271 e. The standard InChI is InChI=1S/C21H19BrFN3O3/c1-2-18(21(28)24-13-14-4-3-5-15(22)12-14)29-19-10-11-20(27)26(25-19)17-8-6-16(23)7-9-17/h3-12,18H,2,13H2,1H3,(H,24,28)/t18-/m1/s1. The number of carbonyl (C=O) groups excluding carboxylic acids is 1. The number of nitrogens with one attached hydrogen (secondary N) is 1. The van der Waals surface area contributed by atoms with Gasteiger partial charge < -0.3 is 10.1 Å². The van der Waals surface area contributed by atoms with Crippen LogP contribution in [-0.4, -0.2) is 21.8 Å². The SMILES string of the molecule is CC[C@@H](Oc1ccc(=O)n(-c2ccc(F)cc2)n1)C(=O)NCc1cccc(Br)c1. The van der Waals surface area contributed by atoms with E-state index in [2.05, 4.69) is 26.3 Å². The van der Waals surface area contributed by atoms with Crippen molar-refractivity contribution in [3.63, 3.8) is 0 Å². The van der Waals surface area contributed by atoms with E-state index >= 15 is 0 Å². The fourth-order valence-electron chi connectivity index (χ4n) is 2.64. The maximum Gasteiger partial charge on any atom is 0.271 e. The molecule has 0 aliphatic carbocycles. The summed E-state index contributed by atoms with van der Waals surface area (Å²) in [5.74, 6) is -0.574. The highest BCUT2D eigenvalue weighted by Gasteiger charge is 2.19. The molecule has 0 saturated heterocycles. The van der Waals surface area contributed by atoms with E-state index in [-0.39, 0.29) is 11.8 Å². The number of nitrogens with zero attached hydrogens (tertiary/aromatic N) is 2. The first kappa shape index (κ1) is 20.7. The van der Waals surface area contributed by atoms with Crippen LogP contribution in [0.15, 0.2) is 69.9 Å². The first-order chi connectivity index (χ1) is 14.0. The van der Waals surface area contributed by atoms with E-state index in [1.165, 1.54) is 36.4 Å². The molecule has 0 unspecified atom stereocenters. The Hall–Kier alpha value is -3.00. The van der Waals surface area contributed by atoms with Gasteiger partial charge in [-0.2, -0.15) is 4.68 Å². The third kappa shape index (κ3) is 5.51. The zero-order valence-electron chi connectivity index (χ0n) is 15.6. The first-order valence-corrected chi connectivity index (χ1v) is 9.80. The molecule has 0 spiro atoms. The monoisotopic (exact) mass is 459 g/mol. The lowest BCUT2D eigenvalue weighted by atomic mass is 10.2. The summed E-state index contributed by atoms with van der Waals surface area (Å²) >= 11 is 3.40. The number of hydrogen-bond donors (Lipinski definition) is 1. The molecule has 150 valence electrons.